The minimum atomic E-state index is -2.62. The van der Waals surface area contributed by atoms with Crippen molar-refractivity contribution in [2.24, 2.45) is 5.73 Å². The molecule has 7 heteroatoms. The Bertz CT molecular complexity index is 500. The van der Waals surface area contributed by atoms with Crippen LogP contribution in [0.4, 0.5) is 8.78 Å². The second-order valence-electron chi connectivity index (χ2n) is 6.61. The zero-order valence-corrected chi connectivity index (χ0v) is 16.2. The number of hydrogen-bond donors (Lipinski definition) is 3. The number of aryl methyl sites for hydroxylation is 1. The lowest BCUT2D eigenvalue weighted by Gasteiger charge is -2.24. The van der Waals surface area contributed by atoms with E-state index in [2.05, 4.69) is 6.92 Å². The molecule has 0 fully saturated rings. The molecular formula is C19H32ClF2NO3. The maximum atomic E-state index is 13.3. The van der Waals surface area contributed by atoms with Gasteiger partial charge in [0.05, 0.1) is 30.9 Å². The van der Waals surface area contributed by atoms with Crippen LogP contribution in [0, 0.1) is 0 Å². The summed E-state index contributed by atoms with van der Waals surface area (Å²) in [6, 6.07) is 4.72. The standard InChI is InChI=1S/C19H31F2NO3.ClH/c1-2-3-4-5-6-11-25-17-8-7-15(12-16(17)18(20)21)9-10-19(22,13-23)14-24;/h7-8,12,18,23-24H,2-6,9-11,13-14,22H2,1H3;1H. The van der Waals surface area contributed by atoms with Gasteiger partial charge in [-0.3, -0.25) is 0 Å². The number of alkyl halides is 2. The van der Waals surface area contributed by atoms with E-state index in [1.54, 1.807) is 12.1 Å². The molecule has 1 aromatic carbocycles. The number of halogens is 3. The molecule has 0 aliphatic heterocycles. The second kappa shape index (κ2) is 13.3. The molecule has 0 amide bonds. The lowest BCUT2D eigenvalue weighted by molar-refractivity contribution is 0.114. The number of aliphatic hydroxyl groups excluding tert-OH is 2. The van der Waals surface area contributed by atoms with Crippen LogP contribution < -0.4 is 10.5 Å². The van der Waals surface area contributed by atoms with E-state index in [0.29, 0.717) is 25.0 Å². The highest BCUT2D eigenvalue weighted by Gasteiger charge is 2.23. The summed E-state index contributed by atoms with van der Waals surface area (Å²) in [5, 5.41) is 18.4. The molecule has 4 N–H and O–H groups in total. The number of ether oxygens (including phenoxy) is 1. The van der Waals surface area contributed by atoms with Crippen LogP contribution in [0.15, 0.2) is 18.2 Å². The Morgan fingerprint density at radius 3 is 2.35 bits per heavy atom. The minimum absolute atomic E-state index is 0. The Hall–Kier alpha value is -0.950. The fourth-order valence-electron chi connectivity index (χ4n) is 2.54. The summed E-state index contributed by atoms with van der Waals surface area (Å²) < 4.78 is 32.1. The molecule has 0 saturated carbocycles. The molecule has 0 heterocycles. The van der Waals surface area contributed by atoms with Gasteiger partial charge in [0.25, 0.3) is 6.43 Å². The van der Waals surface area contributed by atoms with E-state index in [0.717, 1.165) is 25.7 Å². The van der Waals surface area contributed by atoms with Crippen molar-refractivity contribution in [3.05, 3.63) is 29.3 Å². The first-order chi connectivity index (χ1) is 12.0. The molecule has 0 spiro atoms. The molecule has 0 unspecified atom stereocenters. The largest absolute Gasteiger partial charge is 0.493 e. The number of hydrogen-bond acceptors (Lipinski definition) is 4. The van der Waals surface area contributed by atoms with Crippen LogP contribution in [0.2, 0.25) is 0 Å². The molecule has 26 heavy (non-hydrogen) atoms. The first kappa shape index (κ1) is 25.1. The molecule has 0 bridgehead atoms. The minimum Gasteiger partial charge on any atom is -0.493 e. The molecule has 1 rings (SSSR count). The van der Waals surface area contributed by atoms with E-state index in [1.165, 1.54) is 12.5 Å². The highest BCUT2D eigenvalue weighted by molar-refractivity contribution is 5.85. The highest BCUT2D eigenvalue weighted by atomic mass is 35.5. The van der Waals surface area contributed by atoms with Crippen molar-refractivity contribution >= 4 is 12.4 Å². The summed E-state index contributed by atoms with van der Waals surface area (Å²) in [4.78, 5) is 0. The predicted molar refractivity (Wildman–Crippen MR) is 102 cm³/mol. The average Bonchev–Trinajstić information content (AvgIpc) is 2.63. The third kappa shape index (κ3) is 8.62. The van der Waals surface area contributed by atoms with Gasteiger partial charge in [-0.25, -0.2) is 8.78 Å². The van der Waals surface area contributed by atoms with E-state index in [4.69, 9.17) is 10.5 Å². The van der Waals surface area contributed by atoms with Crippen LogP contribution in [-0.2, 0) is 6.42 Å². The summed E-state index contributed by atoms with van der Waals surface area (Å²) in [5.41, 5.74) is 5.28. The number of aliphatic hydroxyl groups is 2. The Morgan fingerprint density at radius 1 is 1.12 bits per heavy atom. The van der Waals surface area contributed by atoms with Crippen molar-refractivity contribution in [3.8, 4) is 5.75 Å². The average molecular weight is 396 g/mol. The molecule has 0 saturated heterocycles. The van der Waals surface area contributed by atoms with Crippen LogP contribution in [-0.4, -0.2) is 35.6 Å². The van der Waals surface area contributed by atoms with E-state index in [9.17, 15) is 19.0 Å². The molecular weight excluding hydrogens is 364 g/mol. The van der Waals surface area contributed by atoms with Crippen LogP contribution in [0.25, 0.3) is 0 Å². The van der Waals surface area contributed by atoms with E-state index < -0.39 is 12.0 Å². The van der Waals surface area contributed by atoms with Gasteiger partial charge >= 0.3 is 0 Å². The number of nitrogens with two attached hydrogens (primary N) is 1. The van der Waals surface area contributed by atoms with Crippen LogP contribution >= 0.6 is 12.4 Å². The zero-order chi connectivity index (χ0) is 18.7. The first-order valence-electron chi connectivity index (χ1n) is 9.00. The Morgan fingerprint density at radius 2 is 1.77 bits per heavy atom. The summed E-state index contributed by atoms with van der Waals surface area (Å²) in [6.07, 6.45) is 3.46. The third-order valence-corrected chi connectivity index (χ3v) is 4.36. The van der Waals surface area contributed by atoms with Gasteiger partial charge in [0.1, 0.15) is 5.75 Å². The van der Waals surface area contributed by atoms with Crippen molar-refractivity contribution in [1.29, 1.82) is 0 Å². The molecule has 0 radical (unpaired) electrons. The van der Waals surface area contributed by atoms with Gasteiger partial charge in [0.2, 0.25) is 0 Å². The predicted octanol–water partition coefficient (Wildman–Crippen LogP) is 4.01. The van der Waals surface area contributed by atoms with Gasteiger partial charge in [0.15, 0.2) is 0 Å². The van der Waals surface area contributed by atoms with Crippen molar-refractivity contribution in [2.45, 2.75) is 63.8 Å². The van der Waals surface area contributed by atoms with Gasteiger partial charge in [-0.1, -0.05) is 38.7 Å². The fourth-order valence-corrected chi connectivity index (χ4v) is 2.54. The lowest BCUT2D eigenvalue weighted by Crippen LogP contribution is -2.47. The summed E-state index contributed by atoms with van der Waals surface area (Å²) in [7, 11) is 0. The topological polar surface area (TPSA) is 75.7 Å². The third-order valence-electron chi connectivity index (χ3n) is 4.36. The van der Waals surface area contributed by atoms with Gasteiger partial charge in [-0.2, -0.15) is 0 Å². The normalized spacial score (nSPS) is 11.5. The zero-order valence-electron chi connectivity index (χ0n) is 15.4. The molecule has 0 aromatic heterocycles. The summed E-state index contributed by atoms with van der Waals surface area (Å²) in [6.45, 7) is 1.86. The SMILES string of the molecule is CCCCCCCOc1ccc(CCC(N)(CO)CO)cc1C(F)F.Cl. The first-order valence-corrected chi connectivity index (χ1v) is 9.00. The second-order valence-corrected chi connectivity index (χ2v) is 6.61. The van der Waals surface area contributed by atoms with Gasteiger partial charge < -0.3 is 20.7 Å². The van der Waals surface area contributed by atoms with E-state index >= 15 is 0 Å². The molecule has 152 valence electrons. The van der Waals surface area contributed by atoms with Gasteiger partial charge in [0, 0.05) is 0 Å². The van der Waals surface area contributed by atoms with Gasteiger partial charge in [-0.15, -0.1) is 12.4 Å². The lowest BCUT2D eigenvalue weighted by atomic mass is 9.93. The van der Waals surface area contributed by atoms with Crippen molar-refractivity contribution < 1.29 is 23.7 Å². The quantitative estimate of drug-likeness (QED) is 0.441. The molecule has 0 atom stereocenters. The Labute approximate surface area is 161 Å². The smallest absolute Gasteiger partial charge is 0.267 e. The highest BCUT2D eigenvalue weighted by Crippen LogP contribution is 2.31. The molecule has 0 aliphatic carbocycles. The van der Waals surface area contributed by atoms with Crippen molar-refractivity contribution in [1.82, 2.24) is 0 Å². The van der Waals surface area contributed by atoms with Crippen LogP contribution in [0.1, 0.15) is 63.0 Å². The Kier molecular flexibility index (Phi) is 12.8. The monoisotopic (exact) mass is 395 g/mol. The summed E-state index contributed by atoms with van der Waals surface area (Å²) in [5.74, 6) is 0.220. The van der Waals surface area contributed by atoms with Gasteiger partial charge in [-0.05, 0) is 37.0 Å². The maximum Gasteiger partial charge on any atom is 0.267 e. The number of rotatable bonds is 13. The molecule has 1 aromatic rings. The van der Waals surface area contributed by atoms with Crippen LogP contribution in [0.5, 0.6) is 5.75 Å². The van der Waals surface area contributed by atoms with Crippen LogP contribution in [0.3, 0.4) is 0 Å². The summed E-state index contributed by atoms with van der Waals surface area (Å²) >= 11 is 0. The maximum absolute atomic E-state index is 13.3. The number of benzene rings is 1. The van der Waals surface area contributed by atoms with Crippen molar-refractivity contribution in [2.75, 3.05) is 19.8 Å². The van der Waals surface area contributed by atoms with E-state index in [-0.39, 0.29) is 36.9 Å². The number of unbranched alkanes of at least 4 members (excludes halogenated alkanes) is 4. The Balaban J connectivity index is 0.00000625. The van der Waals surface area contributed by atoms with E-state index in [1.807, 2.05) is 0 Å². The molecule has 4 nitrogen and oxygen atoms in total. The molecule has 0 aliphatic rings. The fraction of sp³-hybridized carbons (Fsp3) is 0.684. The van der Waals surface area contributed by atoms with Crippen molar-refractivity contribution in [3.63, 3.8) is 0 Å².